The van der Waals surface area contributed by atoms with Crippen LogP contribution in [0.3, 0.4) is 0 Å². The summed E-state index contributed by atoms with van der Waals surface area (Å²) >= 11 is 6.38. The minimum absolute atomic E-state index is 0.0705. The summed E-state index contributed by atoms with van der Waals surface area (Å²) in [6, 6.07) is 17.2. The Hall–Kier alpha value is -4.34. The summed E-state index contributed by atoms with van der Waals surface area (Å²) in [7, 11) is 3.26. The first-order valence-electron chi connectivity index (χ1n) is 12.8. The number of fused-ring (bicyclic) bond motifs is 3. The number of carbonyl (C=O) groups is 1. The highest BCUT2D eigenvalue weighted by molar-refractivity contribution is 6.31. The van der Waals surface area contributed by atoms with Gasteiger partial charge in [0.2, 0.25) is 5.95 Å². The number of hydrogen-bond acceptors (Lipinski definition) is 7. The zero-order chi connectivity index (χ0) is 28.2. The smallest absolute Gasteiger partial charge is 0.253 e. The van der Waals surface area contributed by atoms with Crippen molar-refractivity contribution in [2.45, 2.75) is 13.0 Å². The molecule has 3 N–H and O–H groups in total. The number of nitrogens with one attached hydrogen (secondary N) is 1. The van der Waals surface area contributed by atoms with Crippen LogP contribution in [0.15, 0.2) is 71.9 Å². The second-order valence-corrected chi connectivity index (χ2v) is 9.75. The van der Waals surface area contributed by atoms with Crippen LogP contribution in [-0.4, -0.2) is 53.7 Å². The molecule has 0 bridgehead atoms. The molecular formula is C30H28ClFN6O2. The van der Waals surface area contributed by atoms with Gasteiger partial charge in [0.05, 0.1) is 30.6 Å². The summed E-state index contributed by atoms with van der Waals surface area (Å²) in [4.78, 5) is 28.3. The van der Waals surface area contributed by atoms with Gasteiger partial charge >= 0.3 is 0 Å². The molecule has 1 aromatic heterocycles. The van der Waals surface area contributed by atoms with Crippen molar-refractivity contribution in [3.63, 3.8) is 0 Å². The molecule has 0 atom stereocenters. The number of aromatic nitrogens is 2. The van der Waals surface area contributed by atoms with Crippen LogP contribution in [-0.2, 0) is 6.54 Å². The number of aliphatic imine (C=N–C) groups is 1. The first-order valence-corrected chi connectivity index (χ1v) is 13.1. The van der Waals surface area contributed by atoms with Gasteiger partial charge in [0.25, 0.3) is 5.91 Å². The molecule has 1 aliphatic rings. The maximum atomic E-state index is 15.1. The van der Waals surface area contributed by atoms with Gasteiger partial charge in [-0.05, 0) is 61.5 Å². The summed E-state index contributed by atoms with van der Waals surface area (Å²) in [6.45, 7) is 1.37. The molecule has 0 saturated carbocycles. The van der Waals surface area contributed by atoms with E-state index in [0.29, 0.717) is 52.3 Å². The van der Waals surface area contributed by atoms with Crippen molar-refractivity contribution in [3.05, 3.63) is 100.0 Å². The minimum atomic E-state index is -0.448. The Morgan fingerprint density at radius 1 is 1.15 bits per heavy atom. The molecule has 3 aromatic carbocycles. The van der Waals surface area contributed by atoms with Crippen LogP contribution in [0, 0.1) is 5.82 Å². The van der Waals surface area contributed by atoms with Crippen molar-refractivity contribution in [3.8, 4) is 17.0 Å². The molecule has 0 unspecified atom stereocenters. The number of carbonyl (C=O) groups excluding carboxylic acids is 1. The molecule has 1 amide bonds. The summed E-state index contributed by atoms with van der Waals surface area (Å²) in [6.07, 6.45) is 2.45. The van der Waals surface area contributed by atoms with E-state index in [1.54, 1.807) is 66.7 Å². The van der Waals surface area contributed by atoms with Crippen molar-refractivity contribution in [1.29, 1.82) is 0 Å². The number of nitrogens with two attached hydrogens (primary N) is 1. The molecule has 4 aromatic rings. The van der Waals surface area contributed by atoms with E-state index in [1.807, 2.05) is 6.07 Å². The van der Waals surface area contributed by atoms with Gasteiger partial charge < -0.3 is 20.7 Å². The highest BCUT2D eigenvalue weighted by atomic mass is 35.5. The zero-order valence-electron chi connectivity index (χ0n) is 22.1. The highest BCUT2D eigenvalue weighted by Crippen LogP contribution is 2.36. The van der Waals surface area contributed by atoms with Crippen LogP contribution >= 0.6 is 11.6 Å². The van der Waals surface area contributed by atoms with Crippen molar-refractivity contribution < 1.29 is 13.9 Å². The molecule has 204 valence electrons. The third-order valence-corrected chi connectivity index (χ3v) is 6.86. The summed E-state index contributed by atoms with van der Waals surface area (Å²) in [5.74, 6) is 0.219. The molecular weight excluding hydrogens is 531 g/mol. The molecule has 0 aliphatic carbocycles. The van der Waals surface area contributed by atoms with Gasteiger partial charge in [-0.1, -0.05) is 23.7 Å². The molecule has 8 nitrogen and oxygen atoms in total. The van der Waals surface area contributed by atoms with Crippen molar-refractivity contribution >= 4 is 34.9 Å². The minimum Gasteiger partial charge on any atom is -0.496 e. The summed E-state index contributed by atoms with van der Waals surface area (Å²) in [5, 5.41) is 3.70. The largest absolute Gasteiger partial charge is 0.496 e. The van der Waals surface area contributed by atoms with Gasteiger partial charge in [0.1, 0.15) is 11.6 Å². The topological polar surface area (TPSA) is 106 Å². The van der Waals surface area contributed by atoms with E-state index in [0.717, 1.165) is 23.2 Å². The maximum absolute atomic E-state index is 15.1. The number of amides is 1. The summed E-state index contributed by atoms with van der Waals surface area (Å²) in [5.41, 5.74) is 10.4. The molecule has 40 heavy (non-hydrogen) atoms. The van der Waals surface area contributed by atoms with E-state index < -0.39 is 5.82 Å². The van der Waals surface area contributed by atoms with E-state index in [-0.39, 0.29) is 18.0 Å². The van der Waals surface area contributed by atoms with Crippen LogP contribution in [0.25, 0.3) is 11.3 Å². The number of nitrogens with zero attached hydrogens (tertiary/aromatic N) is 4. The monoisotopic (exact) mass is 558 g/mol. The number of halogens is 2. The first-order chi connectivity index (χ1) is 19.4. The quantitative estimate of drug-likeness (QED) is 0.297. The number of benzene rings is 3. The Labute approximate surface area is 236 Å². The van der Waals surface area contributed by atoms with E-state index in [1.165, 1.54) is 13.2 Å². The molecule has 0 radical (unpaired) electrons. The number of anilines is 2. The highest BCUT2D eigenvalue weighted by Gasteiger charge is 2.25. The van der Waals surface area contributed by atoms with Crippen LogP contribution in [0.2, 0.25) is 5.02 Å². The van der Waals surface area contributed by atoms with Crippen LogP contribution < -0.4 is 15.8 Å². The Bertz CT molecular complexity index is 1590. The predicted molar refractivity (Wildman–Crippen MR) is 155 cm³/mol. The van der Waals surface area contributed by atoms with Crippen molar-refractivity contribution in [2.24, 2.45) is 10.7 Å². The normalized spacial score (nSPS) is 12.1. The lowest BCUT2D eigenvalue weighted by molar-refractivity contribution is 0.0794. The van der Waals surface area contributed by atoms with Gasteiger partial charge in [0, 0.05) is 52.8 Å². The zero-order valence-corrected chi connectivity index (χ0v) is 22.9. The summed E-state index contributed by atoms with van der Waals surface area (Å²) < 4.78 is 20.6. The Balaban J connectivity index is 1.47. The van der Waals surface area contributed by atoms with Gasteiger partial charge in [0.15, 0.2) is 0 Å². The molecule has 1 aliphatic heterocycles. The lowest BCUT2D eigenvalue weighted by atomic mass is 9.94. The third kappa shape index (κ3) is 5.52. The lowest BCUT2D eigenvalue weighted by Gasteiger charge is -2.17. The molecule has 5 rings (SSSR count). The number of rotatable bonds is 8. The standard InChI is InChI=1S/C30H28ClFN6O2/c1-38(14-4-13-33)29(39)18-7-10-21(11-8-18)36-30-35-17-19-16-34-28(26-24(32)5-3-6-25(26)40-2)23-15-20(31)9-12-22(23)27(19)37-30/h3,5-12,15,17H,4,13-14,16,33H2,1-2H3,(H,35,36,37). The molecule has 10 heteroatoms. The number of ether oxygens (including phenoxy) is 1. The molecule has 0 spiro atoms. The molecule has 2 heterocycles. The van der Waals surface area contributed by atoms with Gasteiger partial charge in [-0.3, -0.25) is 9.79 Å². The fourth-order valence-corrected chi connectivity index (χ4v) is 4.75. The Morgan fingerprint density at radius 3 is 2.70 bits per heavy atom. The predicted octanol–water partition coefficient (Wildman–Crippen LogP) is 5.46. The van der Waals surface area contributed by atoms with Gasteiger partial charge in [-0.2, -0.15) is 0 Å². The molecule has 0 fully saturated rings. The fourth-order valence-electron chi connectivity index (χ4n) is 4.58. The van der Waals surface area contributed by atoms with Crippen LogP contribution in [0.1, 0.15) is 33.5 Å². The number of methoxy groups -OCH3 is 1. The van der Waals surface area contributed by atoms with Crippen molar-refractivity contribution in [2.75, 3.05) is 32.6 Å². The van der Waals surface area contributed by atoms with Gasteiger partial charge in [-0.25, -0.2) is 14.4 Å². The van der Waals surface area contributed by atoms with Gasteiger partial charge in [-0.15, -0.1) is 0 Å². The fraction of sp³-hybridized carbons (Fsp3) is 0.200. The van der Waals surface area contributed by atoms with Crippen molar-refractivity contribution in [1.82, 2.24) is 14.9 Å². The third-order valence-electron chi connectivity index (χ3n) is 6.63. The average Bonchev–Trinajstić information content (AvgIpc) is 3.12. The maximum Gasteiger partial charge on any atom is 0.253 e. The van der Waals surface area contributed by atoms with E-state index in [2.05, 4.69) is 10.3 Å². The SMILES string of the molecule is COc1cccc(F)c1C1=NCc2cnc(Nc3ccc(C(=O)N(C)CCCN)cc3)nc2-c2ccc(Cl)cc21. The number of hydrogen-bond donors (Lipinski definition) is 2. The Morgan fingerprint density at radius 2 is 1.95 bits per heavy atom. The average molecular weight is 559 g/mol. The second kappa shape index (κ2) is 11.8. The second-order valence-electron chi connectivity index (χ2n) is 9.31. The van der Waals surface area contributed by atoms with E-state index in [4.69, 9.17) is 32.0 Å². The first kappa shape index (κ1) is 27.2. The van der Waals surface area contributed by atoms with Crippen LogP contribution in [0.4, 0.5) is 16.0 Å². The molecule has 0 saturated heterocycles. The lowest BCUT2D eigenvalue weighted by Crippen LogP contribution is -2.28. The van der Waals surface area contributed by atoms with Crippen LogP contribution in [0.5, 0.6) is 5.75 Å². The Kier molecular flexibility index (Phi) is 8.04. The van der Waals surface area contributed by atoms with E-state index in [9.17, 15) is 4.79 Å². The van der Waals surface area contributed by atoms with E-state index >= 15 is 4.39 Å².